The monoisotopic (exact) mass is 456 g/mol. The van der Waals surface area contributed by atoms with Crippen LogP contribution in [0.1, 0.15) is 30.4 Å². The van der Waals surface area contributed by atoms with E-state index in [-0.39, 0.29) is 6.03 Å². The normalized spacial score (nSPS) is 17.1. The molecule has 0 unspecified atom stereocenters. The third-order valence-corrected chi connectivity index (χ3v) is 7.05. The summed E-state index contributed by atoms with van der Waals surface area (Å²) in [5.41, 5.74) is 5.34. The van der Waals surface area contributed by atoms with Crippen LogP contribution in [0.4, 0.5) is 16.2 Å². The summed E-state index contributed by atoms with van der Waals surface area (Å²) in [6, 6.07) is 16.5. The number of anilines is 2. The number of carbonyl (C=O) groups excluding carboxylic acids is 1. The van der Waals surface area contributed by atoms with Gasteiger partial charge in [0.15, 0.2) is 0 Å². The van der Waals surface area contributed by atoms with Crippen LogP contribution in [-0.2, 0) is 6.42 Å². The minimum Gasteiger partial charge on any atom is -0.369 e. The number of nitriles is 1. The van der Waals surface area contributed by atoms with Crippen molar-refractivity contribution in [2.75, 3.05) is 55.6 Å². The van der Waals surface area contributed by atoms with Gasteiger partial charge in [-0.15, -0.1) is 0 Å². The molecule has 0 saturated carbocycles. The summed E-state index contributed by atoms with van der Waals surface area (Å²) in [7, 11) is 0. The summed E-state index contributed by atoms with van der Waals surface area (Å²) in [5, 5.41) is 13.3. The maximum absolute atomic E-state index is 12.1. The van der Waals surface area contributed by atoms with E-state index in [9.17, 15) is 4.79 Å². The van der Waals surface area contributed by atoms with Crippen LogP contribution in [0.15, 0.2) is 48.7 Å². The molecule has 0 aliphatic carbocycles. The molecule has 3 heterocycles. The van der Waals surface area contributed by atoms with Crippen molar-refractivity contribution < 1.29 is 4.79 Å². The largest absolute Gasteiger partial charge is 0.369 e. The van der Waals surface area contributed by atoms with E-state index >= 15 is 0 Å². The van der Waals surface area contributed by atoms with Crippen molar-refractivity contribution in [1.29, 1.82) is 5.26 Å². The molecule has 0 radical (unpaired) electrons. The maximum atomic E-state index is 12.1. The molecule has 1 aromatic heterocycles. The zero-order valence-corrected chi connectivity index (χ0v) is 19.6. The van der Waals surface area contributed by atoms with E-state index in [1.807, 2.05) is 23.1 Å². The number of H-pyrrole nitrogens is 1. The Kier molecular flexibility index (Phi) is 6.68. The van der Waals surface area contributed by atoms with Crippen molar-refractivity contribution in [2.24, 2.45) is 0 Å². The summed E-state index contributed by atoms with van der Waals surface area (Å²) < 4.78 is 0. The third-order valence-electron chi connectivity index (χ3n) is 7.05. The molecule has 0 bridgehead atoms. The summed E-state index contributed by atoms with van der Waals surface area (Å²) >= 11 is 0. The van der Waals surface area contributed by atoms with Crippen LogP contribution in [0.25, 0.3) is 10.9 Å². The fourth-order valence-corrected chi connectivity index (χ4v) is 5.05. The Morgan fingerprint density at radius 1 is 0.941 bits per heavy atom. The second-order valence-corrected chi connectivity index (χ2v) is 9.23. The molecule has 2 aliphatic heterocycles. The second kappa shape index (κ2) is 10.2. The number of fused-ring (bicyclic) bond motifs is 1. The molecule has 2 fully saturated rings. The molecule has 34 heavy (non-hydrogen) atoms. The molecule has 176 valence electrons. The van der Waals surface area contributed by atoms with Crippen molar-refractivity contribution in [2.45, 2.75) is 25.7 Å². The van der Waals surface area contributed by atoms with Crippen LogP contribution in [0, 0.1) is 11.3 Å². The molecule has 7 nitrogen and oxygen atoms in total. The van der Waals surface area contributed by atoms with E-state index in [1.54, 1.807) is 0 Å². The van der Waals surface area contributed by atoms with Crippen LogP contribution in [-0.4, -0.2) is 61.7 Å². The zero-order chi connectivity index (χ0) is 23.3. The number of unbranched alkanes of at least 4 members (excludes halogenated alkanes) is 1. The van der Waals surface area contributed by atoms with Gasteiger partial charge in [-0.05, 0) is 80.3 Å². The molecule has 3 aromatic rings. The first-order valence-electron chi connectivity index (χ1n) is 12.3. The number of urea groups is 1. The molecule has 2 saturated heterocycles. The van der Waals surface area contributed by atoms with Crippen LogP contribution in [0.3, 0.4) is 0 Å². The average Bonchev–Trinajstić information content (AvgIpc) is 3.29. The van der Waals surface area contributed by atoms with Gasteiger partial charge in [-0.1, -0.05) is 0 Å². The van der Waals surface area contributed by atoms with Gasteiger partial charge < -0.3 is 15.2 Å². The van der Waals surface area contributed by atoms with Crippen molar-refractivity contribution in [1.82, 2.24) is 15.2 Å². The quantitative estimate of drug-likeness (QED) is 0.525. The smallest absolute Gasteiger partial charge is 0.321 e. The van der Waals surface area contributed by atoms with E-state index in [1.165, 1.54) is 23.1 Å². The highest BCUT2D eigenvalue weighted by Crippen LogP contribution is 2.24. The van der Waals surface area contributed by atoms with E-state index in [0.717, 1.165) is 81.8 Å². The Bertz CT molecular complexity index is 1170. The predicted molar refractivity (Wildman–Crippen MR) is 136 cm³/mol. The number of piperazine rings is 1. The van der Waals surface area contributed by atoms with E-state index in [2.05, 4.69) is 56.6 Å². The SMILES string of the molecule is N#Cc1ccc2[nH]cc(CCCCN3CCN(c4ccc(N5CCCNC5=O)cc4)CC3)c2c1. The number of amides is 2. The number of rotatable bonds is 7. The zero-order valence-electron chi connectivity index (χ0n) is 19.6. The molecule has 2 aliphatic rings. The number of carbonyl (C=O) groups is 1. The fourth-order valence-electron chi connectivity index (χ4n) is 5.05. The van der Waals surface area contributed by atoms with Gasteiger partial charge in [0.1, 0.15) is 0 Å². The van der Waals surface area contributed by atoms with E-state index in [4.69, 9.17) is 5.26 Å². The van der Waals surface area contributed by atoms with Crippen molar-refractivity contribution in [3.63, 3.8) is 0 Å². The fraction of sp³-hybridized carbons (Fsp3) is 0.407. The maximum Gasteiger partial charge on any atom is 0.321 e. The molecule has 2 aromatic carbocycles. The van der Waals surface area contributed by atoms with Gasteiger partial charge in [-0.3, -0.25) is 9.80 Å². The third kappa shape index (κ3) is 4.87. The number of hydrogen-bond donors (Lipinski definition) is 2. The molecule has 0 spiro atoms. The number of benzene rings is 2. The number of nitrogens with one attached hydrogen (secondary N) is 2. The number of aromatic amines is 1. The molecule has 2 N–H and O–H groups in total. The summed E-state index contributed by atoms with van der Waals surface area (Å²) in [4.78, 5) is 22.2. The lowest BCUT2D eigenvalue weighted by Crippen LogP contribution is -2.47. The molecular weight excluding hydrogens is 424 g/mol. The lowest BCUT2D eigenvalue weighted by molar-refractivity contribution is 0.243. The van der Waals surface area contributed by atoms with Crippen LogP contribution < -0.4 is 15.1 Å². The summed E-state index contributed by atoms with van der Waals surface area (Å²) in [5.74, 6) is 0. The van der Waals surface area contributed by atoms with Gasteiger partial charge in [0.2, 0.25) is 0 Å². The second-order valence-electron chi connectivity index (χ2n) is 9.23. The van der Waals surface area contributed by atoms with Gasteiger partial charge in [0.25, 0.3) is 0 Å². The number of aryl methyl sites for hydroxylation is 1. The lowest BCUT2D eigenvalue weighted by atomic mass is 10.1. The Balaban J connectivity index is 1.06. The molecule has 0 atom stereocenters. The Hall–Kier alpha value is -3.50. The first-order chi connectivity index (χ1) is 16.7. The lowest BCUT2D eigenvalue weighted by Gasteiger charge is -2.36. The first-order valence-corrected chi connectivity index (χ1v) is 12.3. The van der Waals surface area contributed by atoms with Gasteiger partial charge in [-0.25, -0.2) is 4.79 Å². The predicted octanol–water partition coefficient (Wildman–Crippen LogP) is 4.10. The average molecular weight is 457 g/mol. The van der Waals surface area contributed by atoms with Gasteiger partial charge in [0, 0.05) is 67.7 Å². The number of hydrogen-bond acceptors (Lipinski definition) is 4. The topological polar surface area (TPSA) is 78.4 Å². The highest BCUT2D eigenvalue weighted by molar-refractivity contribution is 5.92. The van der Waals surface area contributed by atoms with E-state index in [0.29, 0.717) is 0 Å². The molecule has 2 amide bonds. The van der Waals surface area contributed by atoms with Crippen molar-refractivity contribution in [3.8, 4) is 6.07 Å². The number of aromatic nitrogens is 1. The van der Waals surface area contributed by atoms with E-state index < -0.39 is 0 Å². The standard InChI is InChI=1S/C27H32N6O/c28-19-21-5-10-26-25(18-21)22(20-30-26)4-1-2-12-31-14-16-32(17-15-31)23-6-8-24(9-7-23)33-13-3-11-29-27(33)34/h5-10,18,20,30H,1-4,11-17H2,(H,29,34). The van der Waals surface area contributed by atoms with Crippen molar-refractivity contribution >= 4 is 28.3 Å². The van der Waals surface area contributed by atoms with Gasteiger partial charge in [-0.2, -0.15) is 5.26 Å². The van der Waals surface area contributed by atoms with Crippen LogP contribution >= 0.6 is 0 Å². The summed E-state index contributed by atoms with van der Waals surface area (Å²) in [6.45, 7) is 6.90. The Morgan fingerprint density at radius 3 is 2.50 bits per heavy atom. The number of nitrogens with zero attached hydrogens (tertiary/aromatic N) is 4. The molecule has 5 rings (SSSR count). The first kappa shape index (κ1) is 22.3. The van der Waals surface area contributed by atoms with Crippen LogP contribution in [0.5, 0.6) is 0 Å². The van der Waals surface area contributed by atoms with Crippen molar-refractivity contribution in [3.05, 3.63) is 59.8 Å². The molecule has 7 heteroatoms. The minimum absolute atomic E-state index is 0.00391. The highest BCUT2D eigenvalue weighted by Gasteiger charge is 2.20. The van der Waals surface area contributed by atoms with Gasteiger partial charge >= 0.3 is 6.03 Å². The van der Waals surface area contributed by atoms with Crippen LogP contribution in [0.2, 0.25) is 0 Å². The van der Waals surface area contributed by atoms with Gasteiger partial charge in [0.05, 0.1) is 11.6 Å². The Labute approximate surface area is 200 Å². The summed E-state index contributed by atoms with van der Waals surface area (Å²) in [6.07, 6.45) is 6.44. The minimum atomic E-state index is 0.00391. The molecular formula is C27H32N6O. The Morgan fingerprint density at radius 2 is 1.74 bits per heavy atom. The highest BCUT2D eigenvalue weighted by atomic mass is 16.2.